The van der Waals surface area contributed by atoms with Gasteiger partial charge in [0.2, 0.25) is 0 Å². The molecule has 0 unspecified atom stereocenters. The number of aryl methyl sites for hydroxylation is 1. The van der Waals surface area contributed by atoms with E-state index in [1.54, 1.807) is 22.9 Å². The van der Waals surface area contributed by atoms with Crippen LogP contribution in [0.15, 0.2) is 54.7 Å². The molecule has 6 N–H and O–H groups in total. The van der Waals surface area contributed by atoms with Crippen LogP contribution in [-0.2, 0) is 6.42 Å². The van der Waals surface area contributed by atoms with Crippen molar-refractivity contribution in [3.8, 4) is 0 Å². The Bertz CT molecular complexity index is 1320. The van der Waals surface area contributed by atoms with Crippen LogP contribution in [0.3, 0.4) is 0 Å². The molecular formula is C25H27FN4O2. The third-order valence-electron chi connectivity index (χ3n) is 7.09. The van der Waals surface area contributed by atoms with Crippen molar-refractivity contribution in [3.05, 3.63) is 66.1 Å². The number of aliphatic hydroxyl groups excluding tert-OH is 2. The summed E-state index contributed by atoms with van der Waals surface area (Å²) in [7, 11) is 0. The van der Waals surface area contributed by atoms with E-state index < -0.39 is 29.5 Å². The molecule has 1 aliphatic carbocycles. The fourth-order valence-electron chi connectivity index (χ4n) is 5.16. The lowest BCUT2D eigenvalue weighted by Gasteiger charge is -2.28. The van der Waals surface area contributed by atoms with E-state index in [0.717, 1.165) is 16.5 Å². The number of benzene rings is 2. The number of fused-ring (bicyclic) bond motifs is 2. The summed E-state index contributed by atoms with van der Waals surface area (Å²) in [5, 5.41) is 23.5. The third kappa shape index (κ3) is 3.29. The number of hydrogen-bond donors (Lipinski definition) is 4. The number of nitrogens with zero attached hydrogens (tertiary/aromatic N) is 2. The highest BCUT2D eigenvalue weighted by atomic mass is 19.1. The lowest BCUT2D eigenvalue weighted by molar-refractivity contribution is -0.0241. The molecule has 4 aromatic rings. The Kier molecular flexibility index (Phi) is 4.83. The standard InChI is InChI=1S/C25H27FN4O2/c1-25(10-8-14-2-3-15-4-7-21(28)29-19(15)12-14)13-20(23(31)24(25)32)30-11-9-16-18(27)6-5-17(26)22(16)30/h2-7,9,11-12,20,23-24,31-32H,8,10,13,27H2,1H3,(H2,28,29)/t20-,23+,24+,25+/m1/s1. The molecule has 0 spiro atoms. The molecular weight excluding hydrogens is 407 g/mol. The minimum Gasteiger partial charge on any atom is -0.398 e. The van der Waals surface area contributed by atoms with Crippen LogP contribution in [0.4, 0.5) is 15.9 Å². The molecule has 0 bridgehead atoms. The Morgan fingerprint density at radius 1 is 1.12 bits per heavy atom. The number of rotatable bonds is 4. The van der Waals surface area contributed by atoms with E-state index in [0.29, 0.717) is 41.7 Å². The van der Waals surface area contributed by atoms with E-state index in [9.17, 15) is 14.6 Å². The first-order chi connectivity index (χ1) is 15.3. The second-order valence-corrected chi connectivity index (χ2v) is 9.25. The molecule has 7 heteroatoms. The largest absolute Gasteiger partial charge is 0.398 e. The summed E-state index contributed by atoms with van der Waals surface area (Å²) >= 11 is 0. The van der Waals surface area contributed by atoms with Crippen molar-refractivity contribution in [2.24, 2.45) is 5.41 Å². The number of pyridine rings is 1. The van der Waals surface area contributed by atoms with Crippen LogP contribution in [-0.4, -0.2) is 32.0 Å². The molecule has 4 atom stereocenters. The van der Waals surface area contributed by atoms with Crippen molar-refractivity contribution in [2.45, 2.75) is 44.4 Å². The summed E-state index contributed by atoms with van der Waals surface area (Å²) < 4.78 is 16.3. The van der Waals surface area contributed by atoms with Crippen LogP contribution >= 0.6 is 0 Å². The summed E-state index contributed by atoms with van der Waals surface area (Å²) in [6.45, 7) is 1.98. The zero-order chi connectivity index (χ0) is 22.6. The maximum absolute atomic E-state index is 14.6. The van der Waals surface area contributed by atoms with E-state index in [-0.39, 0.29) is 0 Å². The Morgan fingerprint density at radius 3 is 2.72 bits per heavy atom. The minimum atomic E-state index is -1.01. The summed E-state index contributed by atoms with van der Waals surface area (Å²) in [6, 6.07) is 14.0. The molecule has 0 amide bonds. The van der Waals surface area contributed by atoms with E-state index in [1.165, 1.54) is 12.1 Å². The highest BCUT2D eigenvalue weighted by Gasteiger charge is 2.50. The number of halogens is 1. The first-order valence-electron chi connectivity index (χ1n) is 10.8. The van der Waals surface area contributed by atoms with Crippen LogP contribution in [0.5, 0.6) is 0 Å². The second-order valence-electron chi connectivity index (χ2n) is 9.25. The number of nitrogens with two attached hydrogens (primary N) is 2. The van der Waals surface area contributed by atoms with Gasteiger partial charge in [-0.3, -0.25) is 0 Å². The maximum Gasteiger partial charge on any atom is 0.147 e. The molecule has 1 aliphatic rings. The quantitative estimate of drug-likeness (QED) is 0.365. The fraction of sp³-hybridized carbons (Fsp3) is 0.320. The van der Waals surface area contributed by atoms with E-state index in [2.05, 4.69) is 11.1 Å². The van der Waals surface area contributed by atoms with Crippen molar-refractivity contribution in [1.82, 2.24) is 9.55 Å². The molecule has 6 nitrogen and oxygen atoms in total. The van der Waals surface area contributed by atoms with E-state index in [1.807, 2.05) is 25.1 Å². The zero-order valence-corrected chi connectivity index (χ0v) is 17.9. The number of aromatic nitrogens is 2. The van der Waals surface area contributed by atoms with Gasteiger partial charge in [0.1, 0.15) is 17.7 Å². The number of nitrogen functional groups attached to an aromatic ring is 2. The number of hydrogen-bond acceptors (Lipinski definition) is 5. The van der Waals surface area contributed by atoms with Crippen molar-refractivity contribution in [2.75, 3.05) is 11.5 Å². The van der Waals surface area contributed by atoms with Gasteiger partial charge in [-0.05, 0) is 66.6 Å². The molecule has 1 saturated carbocycles. The summed E-state index contributed by atoms with van der Waals surface area (Å²) in [5.41, 5.74) is 14.1. The summed E-state index contributed by atoms with van der Waals surface area (Å²) in [4.78, 5) is 4.39. The van der Waals surface area contributed by atoms with Crippen LogP contribution in [0, 0.1) is 11.2 Å². The van der Waals surface area contributed by atoms with Crippen LogP contribution < -0.4 is 11.5 Å². The Morgan fingerprint density at radius 2 is 1.91 bits per heavy atom. The molecule has 2 heterocycles. The molecule has 0 aliphatic heterocycles. The molecule has 166 valence electrons. The first-order valence-corrected chi connectivity index (χ1v) is 10.8. The molecule has 1 fully saturated rings. The lowest BCUT2D eigenvalue weighted by atomic mass is 9.80. The third-order valence-corrected chi connectivity index (χ3v) is 7.09. The van der Waals surface area contributed by atoms with Gasteiger partial charge >= 0.3 is 0 Å². The predicted molar refractivity (Wildman–Crippen MR) is 125 cm³/mol. The summed E-state index contributed by atoms with van der Waals surface area (Å²) in [5.74, 6) is 0.0861. The van der Waals surface area contributed by atoms with Gasteiger partial charge in [0.05, 0.1) is 23.2 Å². The van der Waals surface area contributed by atoms with Gasteiger partial charge in [-0.2, -0.15) is 0 Å². The Hall–Kier alpha value is -3.16. The summed E-state index contributed by atoms with van der Waals surface area (Å²) in [6.07, 6.45) is 1.71. The number of aliphatic hydroxyl groups is 2. The zero-order valence-electron chi connectivity index (χ0n) is 17.9. The topological polar surface area (TPSA) is 110 Å². The van der Waals surface area contributed by atoms with Crippen LogP contribution in [0.25, 0.3) is 21.8 Å². The highest BCUT2D eigenvalue weighted by Crippen LogP contribution is 2.48. The van der Waals surface area contributed by atoms with Crippen molar-refractivity contribution < 1.29 is 14.6 Å². The van der Waals surface area contributed by atoms with Crippen molar-refractivity contribution >= 4 is 33.3 Å². The Balaban J connectivity index is 1.41. The molecule has 32 heavy (non-hydrogen) atoms. The normalized spacial score (nSPS) is 25.7. The molecule has 0 radical (unpaired) electrons. The van der Waals surface area contributed by atoms with Crippen LogP contribution in [0.2, 0.25) is 0 Å². The van der Waals surface area contributed by atoms with Gasteiger partial charge in [0, 0.05) is 22.7 Å². The van der Waals surface area contributed by atoms with Crippen molar-refractivity contribution in [3.63, 3.8) is 0 Å². The number of anilines is 2. The van der Waals surface area contributed by atoms with E-state index >= 15 is 0 Å². The predicted octanol–water partition coefficient (Wildman–Crippen LogP) is 3.80. The fourth-order valence-corrected chi connectivity index (χ4v) is 5.16. The van der Waals surface area contributed by atoms with Gasteiger partial charge in [-0.1, -0.05) is 19.1 Å². The van der Waals surface area contributed by atoms with Gasteiger partial charge in [0.15, 0.2) is 0 Å². The highest BCUT2D eigenvalue weighted by molar-refractivity contribution is 5.91. The van der Waals surface area contributed by atoms with Crippen LogP contribution in [0.1, 0.15) is 31.4 Å². The lowest BCUT2D eigenvalue weighted by Crippen LogP contribution is -2.35. The monoisotopic (exact) mass is 434 g/mol. The molecule has 2 aromatic carbocycles. The molecule has 5 rings (SSSR count). The smallest absolute Gasteiger partial charge is 0.147 e. The Labute approximate surface area is 185 Å². The van der Waals surface area contributed by atoms with Gasteiger partial charge in [0.25, 0.3) is 0 Å². The minimum absolute atomic E-state index is 0.365. The van der Waals surface area contributed by atoms with Crippen molar-refractivity contribution in [1.29, 1.82) is 0 Å². The van der Waals surface area contributed by atoms with Gasteiger partial charge < -0.3 is 26.2 Å². The average molecular weight is 435 g/mol. The van der Waals surface area contributed by atoms with Gasteiger partial charge in [-0.15, -0.1) is 0 Å². The maximum atomic E-state index is 14.6. The second kappa shape index (κ2) is 7.46. The molecule has 0 saturated heterocycles. The SMILES string of the molecule is C[C@]1(CCc2ccc3ccc(N)nc3c2)C[C@@H](n2ccc3c(N)ccc(F)c32)[C@H](O)[C@@H]1O. The first kappa shape index (κ1) is 20.7. The van der Waals surface area contributed by atoms with Gasteiger partial charge in [-0.25, -0.2) is 9.37 Å². The molecule has 2 aromatic heterocycles. The average Bonchev–Trinajstić information content (AvgIpc) is 3.31. The van der Waals surface area contributed by atoms with E-state index in [4.69, 9.17) is 11.5 Å².